The zero-order valence-corrected chi connectivity index (χ0v) is 35.0. The molecular weight excluding hydrogens is 796 g/mol. The van der Waals surface area contributed by atoms with Crippen LogP contribution in [0.25, 0.3) is 10.8 Å². The largest absolute Gasteiger partial charge is 0.494 e. The first-order valence-electron chi connectivity index (χ1n) is 20.2. The minimum atomic E-state index is -4.91. The van der Waals surface area contributed by atoms with Crippen LogP contribution >= 0.6 is 0 Å². The van der Waals surface area contributed by atoms with E-state index in [1.807, 2.05) is 26.0 Å². The van der Waals surface area contributed by atoms with E-state index in [2.05, 4.69) is 20.3 Å². The van der Waals surface area contributed by atoms with Crippen molar-refractivity contribution in [1.82, 2.24) is 25.2 Å². The average Bonchev–Trinajstić information content (AvgIpc) is 4.04. The van der Waals surface area contributed by atoms with Gasteiger partial charge in [-0.15, -0.1) is 0 Å². The Kier molecular flexibility index (Phi) is 12.3. The third-order valence-corrected chi connectivity index (χ3v) is 14.4. The summed E-state index contributed by atoms with van der Waals surface area (Å²) in [6.45, 7) is 8.82. The number of fused-ring (bicyclic) bond motifs is 3. The molecule has 1 aromatic heterocycles. The van der Waals surface area contributed by atoms with Crippen LogP contribution < -0.4 is 24.8 Å². The summed E-state index contributed by atoms with van der Waals surface area (Å²) in [4.78, 5) is 62.3. The summed E-state index contributed by atoms with van der Waals surface area (Å²) in [6, 6.07) is 4.39. The fourth-order valence-corrected chi connectivity index (χ4v) is 9.21. The van der Waals surface area contributed by atoms with Crippen molar-refractivity contribution in [2.75, 3.05) is 13.2 Å². The van der Waals surface area contributed by atoms with Gasteiger partial charge in [-0.25, -0.2) is 18.2 Å². The highest BCUT2D eigenvalue weighted by atomic mass is 32.2. The highest BCUT2D eigenvalue weighted by molar-refractivity contribution is 7.91. The third kappa shape index (κ3) is 9.26. The van der Waals surface area contributed by atoms with Crippen LogP contribution in [0.3, 0.4) is 0 Å². The number of halogens is 3. The number of rotatable bonds is 10. The molecule has 2 saturated carbocycles. The van der Waals surface area contributed by atoms with E-state index in [9.17, 15) is 40.8 Å². The van der Waals surface area contributed by atoms with Crippen LogP contribution in [0.1, 0.15) is 92.9 Å². The van der Waals surface area contributed by atoms with Gasteiger partial charge in [-0.05, 0) is 108 Å². The molecule has 18 heteroatoms. The molecule has 0 spiro atoms. The van der Waals surface area contributed by atoms with Crippen molar-refractivity contribution in [2.24, 2.45) is 17.8 Å². The second kappa shape index (κ2) is 16.4. The first-order valence-corrected chi connectivity index (χ1v) is 21.7. The fourth-order valence-electron chi connectivity index (χ4n) is 7.90. The second-order valence-corrected chi connectivity index (χ2v) is 19.3. The van der Waals surface area contributed by atoms with E-state index in [0.717, 1.165) is 5.39 Å². The number of allylic oxidation sites excluding steroid dienone is 1. The molecule has 2 aromatic rings. The summed E-state index contributed by atoms with van der Waals surface area (Å²) in [5.74, 6) is -2.73. The van der Waals surface area contributed by atoms with E-state index >= 15 is 0 Å². The van der Waals surface area contributed by atoms with Gasteiger partial charge in [0.1, 0.15) is 29.5 Å². The van der Waals surface area contributed by atoms with Gasteiger partial charge in [0.15, 0.2) is 0 Å². The van der Waals surface area contributed by atoms with Crippen LogP contribution in [-0.2, 0) is 29.1 Å². The number of alkyl carbamates (subject to hydrolysis) is 1. The molecule has 2 aliphatic carbocycles. The number of alkyl halides is 3. The fraction of sp³-hybridized carbons (Fsp3) is 0.634. The number of nitrogens with one attached hydrogen (secondary N) is 3. The number of sulfonamides is 1. The standard InChI is InChI=1S/C41H54F3N5O9S/c1-7-25-19-24(3)11-9-10-12-27-22-40(27,36(52)48-59(54,55)39(6)16-17-39)47-33(50)31-21-29(57-34-30-14-13-28(56-8-2)20-26(30)15-18-45-34)23-49(31)35(51)32(25)46-37(53)58-38(4,5)41(42,43)44/h10,12-15,18,20,24-25,27,29,31-32H,7-9,11,16-17,19,21-23H2,1-6H3,(H,46,53)(H,47,50)(H,48,52)/b12-10-/t24-,25-,27-,29-,31+,32+,40-/m1/s1. The molecule has 4 amide bonds. The normalized spacial score (nSPS) is 29.1. The van der Waals surface area contributed by atoms with Crippen molar-refractivity contribution in [3.8, 4) is 11.6 Å². The number of ether oxygens (including phenoxy) is 3. The molecule has 7 atom stereocenters. The Morgan fingerprint density at radius 1 is 1.10 bits per heavy atom. The molecule has 324 valence electrons. The Labute approximate surface area is 342 Å². The van der Waals surface area contributed by atoms with Crippen molar-refractivity contribution >= 4 is 44.6 Å². The van der Waals surface area contributed by atoms with Gasteiger partial charge in [0.25, 0.3) is 5.91 Å². The van der Waals surface area contributed by atoms with E-state index < -0.39 is 85.9 Å². The molecule has 3 heterocycles. The molecule has 59 heavy (non-hydrogen) atoms. The van der Waals surface area contributed by atoms with Crippen LogP contribution in [-0.4, -0.2) is 95.5 Å². The molecule has 3 N–H and O–H groups in total. The minimum Gasteiger partial charge on any atom is -0.494 e. The maximum Gasteiger partial charge on any atom is 0.427 e. The predicted octanol–water partition coefficient (Wildman–Crippen LogP) is 5.69. The molecular formula is C41H54F3N5O9S. The van der Waals surface area contributed by atoms with Gasteiger partial charge in [-0.1, -0.05) is 32.4 Å². The predicted molar refractivity (Wildman–Crippen MR) is 211 cm³/mol. The Morgan fingerprint density at radius 2 is 1.83 bits per heavy atom. The molecule has 14 nitrogen and oxygen atoms in total. The molecule has 4 aliphatic rings. The Balaban J connectivity index is 1.36. The second-order valence-electron chi connectivity index (χ2n) is 17.1. The van der Waals surface area contributed by atoms with Gasteiger partial charge in [-0.2, -0.15) is 13.2 Å². The van der Waals surface area contributed by atoms with E-state index in [1.54, 1.807) is 44.3 Å². The number of hydrogen-bond donors (Lipinski definition) is 3. The minimum absolute atomic E-state index is 0.0305. The summed E-state index contributed by atoms with van der Waals surface area (Å²) in [6.07, 6.45) is 0.647. The number of carbonyl (C=O) groups is 4. The summed E-state index contributed by atoms with van der Waals surface area (Å²) < 4.78 is 85.8. The van der Waals surface area contributed by atoms with Gasteiger partial charge in [0.05, 0.1) is 17.9 Å². The maximum absolute atomic E-state index is 14.9. The number of benzene rings is 1. The quantitative estimate of drug-likeness (QED) is 0.251. The molecule has 6 rings (SSSR count). The van der Waals surface area contributed by atoms with Crippen LogP contribution in [0.5, 0.6) is 11.6 Å². The van der Waals surface area contributed by atoms with Gasteiger partial charge in [-0.3, -0.25) is 19.1 Å². The molecule has 1 saturated heterocycles. The van der Waals surface area contributed by atoms with E-state index in [-0.39, 0.29) is 31.2 Å². The monoisotopic (exact) mass is 849 g/mol. The highest BCUT2D eigenvalue weighted by Gasteiger charge is 2.63. The van der Waals surface area contributed by atoms with Crippen LogP contribution in [0.4, 0.5) is 18.0 Å². The van der Waals surface area contributed by atoms with Gasteiger partial charge in [0.2, 0.25) is 33.3 Å². The lowest BCUT2D eigenvalue weighted by molar-refractivity contribution is -0.244. The summed E-state index contributed by atoms with van der Waals surface area (Å²) in [7, 11) is -4.08. The Hall–Kier alpha value is -4.61. The maximum atomic E-state index is 14.9. The third-order valence-electron chi connectivity index (χ3n) is 12.2. The highest BCUT2D eigenvalue weighted by Crippen LogP contribution is 2.48. The first-order chi connectivity index (χ1) is 27.6. The SMILES string of the molecule is CCOc1ccc2c(O[C@@H]3C[C@H]4C(=O)N[C@]5(C(=O)NS(=O)(=O)C6(C)CC6)C[C@H]5/C=C\CC[C@@H](C)C[C@@H](CC)[C@H](NC(=O)OC(C)(C)C(F)(F)F)C(=O)N4C3)nccc2c1. The van der Waals surface area contributed by atoms with E-state index in [1.165, 1.54) is 4.90 Å². The smallest absolute Gasteiger partial charge is 0.427 e. The van der Waals surface area contributed by atoms with Crippen LogP contribution in [0.2, 0.25) is 0 Å². The van der Waals surface area contributed by atoms with Crippen molar-refractivity contribution in [1.29, 1.82) is 0 Å². The van der Waals surface area contributed by atoms with Gasteiger partial charge < -0.3 is 29.7 Å². The van der Waals surface area contributed by atoms with E-state index in [0.29, 0.717) is 70.1 Å². The zero-order valence-electron chi connectivity index (χ0n) is 34.2. The van der Waals surface area contributed by atoms with Gasteiger partial charge in [0, 0.05) is 23.9 Å². The Bertz CT molecular complexity index is 2090. The lowest BCUT2D eigenvalue weighted by Crippen LogP contribution is -2.60. The lowest BCUT2D eigenvalue weighted by Gasteiger charge is -2.35. The number of nitrogens with zero attached hydrogens (tertiary/aromatic N) is 2. The number of pyridine rings is 1. The zero-order chi connectivity index (χ0) is 43.1. The number of aromatic nitrogens is 1. The number of amides is 4. The molecule has 0 unspecified atom stereocenters. The number of carbonyl (C=O) groups excluding carboxylic acids is 4. The molecule has 3 fully saturated rings. The number of hydrogen-bond acceptors (Lipinski definition) is 10. The molecule has 0 bridgehead atoms. The topological polar surface area (TPSA) is 182 Å². The first kappa shape index (κ1) is 44.0. The van der Waals surface area contributed by atoms with Crippen molar-refractivity contribution in [2.45, 2.75) is 133 Å². The summed E-state index contributed by atoms with van der Waals surface area (Å²) in [5.41, 5.74) is -4.53. The van der Waals surface area contributed by atoms with E-state index in [4.69, 9.17) is 14.2 Å². The lowest BCUT2D eigenvalue weighted by atomic mass is 9.85. The van der Waals surface area contributed by atoms with Gasteiger partial charge >= 0.3 is 12.3 Å². The van der Waals surface area contributed by atoms with Crippen LogP contribution in [0, 0.1) is 17.8 Å². The Morgan fingerprint density at radius 3 is 2.49 bits per heavy atom. The molecule has 1 aromatic carbocycles. The average molecular weight is 850 g/mol. The summed E-state index contributed by atoms with van der Waals surface area (Å²) in [5, 5.41) is 6.62. The van der Waals surface area contributed by atoms with Crippen molar-refractivity contribution in [3.05, 3.63) is 42.6 Å². The molecule has 2 aliphatic heterocycles. The van der Waals surface area contributed by atoms with Crippen LogP contribution in [0.15, 0.2) is 42.6 Å². The summed E-state index contributed by atoms with van der Waals surface area (Å²) >= 11 is 0. The van der Waals surface area contributed by atoms with Crippen molar-refractivity contribution < 1.29 is 55.0 Å². The van der Waals surface area contributed by atoms with Crippen molar-refractivity contribution in [3.63, 3.8) is 0 Å². The molecule has 0 radical (unpaired) electrons.